The summed E-state index contributed by atoms with van der Waals surface area (Å²) in [7, 11) is 0. The van der Waals surface area contributed by atoms with E-state index in [0.717, 1.165) is 17.7 Å². The average Bonchev–Trinajstić information content (AvgIpc) is 2.60. The van der Waals surface area contributed by atoms with Gasteiger partial charge in [-0.2, -0.15) is 0 Å². The summed E-state index contributed by atoms with van der Waals surface area (Å²) in [5.74, 6) is 0.896. The molecule has 0 bridgehead atoms. The highest BCUT2D eigenvalue weighted by atomic mass is 16.5. The average molecular weight is 309 g/mol. The van der Waals surface area contributed by atoms with Gasteiger partial charge in [0, 0.05) is 17.5 Å². The minimum Gasteiger partial charge on any atom is -0.490 e. The smallest absolute Gasteiger partial charge is 0.119 e. The van der Waals surface area contributed by atoms with Crippen molar-refractivity contribution >= 4 is 0 Å². The van der Waals surface area contributed by atoms with Crippen LogP contribution in [-0.4, -0.2) is 11.6 Å². The van der Waals surface area contributed by atoms with Crippen molar-refractivity contribution in [3.05, 3.63) is 60.4 Å². The van der Waals surface area contributed by atoms with Crippen LogP contribution in [0.1, 0.15) is 45.2 Å². The van der Waals surface area contributed by atoms with E-state index in [2.05, 4.69) is 36.2 Å². The molecule has 0 radical (unpaired) electrons. The second-order valence-corrected chi connectivity index (χ2v) is 5.75. The number of allylic oxidation sites excluding steroid dienone is 1. The molecule has 0 atom stereocenters. The van der Waals surface area contributed by atoms with Gasteiger partial charge in [-0.05, 0) is 43.5 Å². The second-order valence-electron chi connectivity index (χ2n) is 5.75. The number of rotatable bonds is 9. The Morgan fingerprint density at radius 1 is 0.957 bits per heavy atom. The number of pyridine rings is 1. The summed E-state index contributed by atoms with van der Waals surface area (Å²) in [4.78, 5) is 4.60. The Kier molecular flexibility index (Phi) is 7.38. The lowest BCUT2D eigenvalue weighted by atomic mass is 10.1. The summed E-state index contributed by atoms with van der Waals surface area (Å²) in [5, 5.41) is 0. The Balaban J connectivity index is 1.91. The lowest BCUT2D eigenvalue weighted by Crippen LogP contribution is -1.93. The van der Waals surface area contributed by atoms with Crippen LogP contribution in [0.3, 0.4) is 0 Å². The maximum absolute atomic E-state index is 5.62. The molecule has 23 heavy (non-hydrogen) atoms. The lowest BCUT2D eigenvalue weighted by Gasteiger charge is -2.06. The zero-order valence-corrected chi connectivity index (χ0v) is 14.3. The van der Waals surface area contributed by atoms with Crippen LogP contribution in [0.25, 0.3) is 11.1 Å². The highest BCUT2D eigenvalue weighted by molar-refractivity contribution is 5.63. The summed E-state index contributed by atoms with van der Waals surface area (Å²) in [6.07, 6.45) is 12.2. The topological polar surface area (TPSA) is 22.1 Å². The van der Waals surface area contributed by atoms with Crippen molar-refractivity contribution in [2.45, 2.75) is 46.0 Å². The van der Waals surface area contributed by atoms with Crippen molar-refractivity contribution in [1.82, 2.24) is 4.98 Å². The predicted octanol–water partition coefficient (Wildman–Crippen LogP) is 5.83. The zero-order chi connectivity index (χ0) is 16.3. The molecule has 0 unspecified atom stereocenters. The first kappa shape index (κ1) is 17.3. The van der Waals surface area contributed by atoms with Gasteiger partial charge in [-0.3, -0.25) is 4.98 Å². The quantitative estimate of drug-likeness (QED) is 0.429. The molecule has 0 amide bonds. The van der Waals surface area contributed by atoms with Crippen LogP contribution < -0.4 is 4.74 Å². The molecule has 0 fully saturated rings. The SMILES string of the molecule is C/C=C/COc1ccc(-c2ccc(CCCCCC)nc2)cc1. The Morgan fingerprint density at radius 2 is 1.74 bits per heavy atom. The third-order valence-corrected chi connectivity index (χ3v) is 3.88. The Bertz CT molecular complexity index is 584. The third-order valence-electron chi connectivity index (χ3n) is 3.88. The van der Waals surface area contributed by atoms with Crippen LogP contribution in [0.15, 0.2) is 54.7 Å². The molecule has 0 aliphatic rings. The molecule has 0 aliphatic carbocycles. The minimum atomic E-state index is 0.615. The summed E-state index contributed by atoms with van der Waals surface area (Å²) < 4.78 is 5.62. The minimum absolute atomic E-state index is 0.615. The summed E-state index contributed by atoms with van der Waals surface area (Å²) in [6, 6.07) is 12.5. The fourth-order valence-electron chi connectivity index (χ4n) is 2.46. The van der Waals surface area contributed by atoms with Crippen LogP contribution in [0.4, 0.5) is 0 Å². The molecule has 2 heteroatoms. The van der Waals surface area contributed by atoms with E-state index in [1.165, 1.54) is 36.9 Å². The molecule has 1 heterocycles. The number of aryl methyl sites for hydroxylation is 1. The Hall–Kier alpha value is -2.09. The first-order valence-electron chi connectivity index (χ1n) is 8.62. The van der Waals surface area contributed by atoms with E-state index in [0.29, 0.717) is 6.61 Å². The summed E-state index contributed by atoms with van der Waals surface area (Å²) >= 11 is 0. The van der Waals surface area contributed by atoms with Crippen molar-refractivity contribution in [3.63, 3.8) is 0 Å². The van der Waals surface area contributed by atoms with E-state index in [9.17, 15) is 0 Å². The van der Waals surface area contributed by atoms with Gasteiger partial charge >= 0.3 is 0 Å². The molecular formula is C21H27NO. The lowest BCUT2D eigenvalue weighted by molar-refractivity contribution is 0.363. The fraction of sp³-hybridized carbons (Fsp3) is 0.381. The van der Waals surface area contributed by atoms with Gasteiger partial charge in [0.1, 0.15) is 12.4 Å². The third kappa shape index (κ3) is 5.90. The van der Waals surface area contributed by atoms with Gasteiger partial charge in [-0.15, -0.1) is 0 Å². The monoisotopic (exact) mass is 309 g/mol. The molecule has 0 saturated carbocycles. The molecule has 1 aromatic heterocycles. The molecule has 1 aromatic carbocycles. The maximum atomic E-state index is 5.62. The van der Waals surface area contributed by atoms with Crippen molar-refractivity contribution < 1.29 is 4.74 Å². The van der Waals surface area contributed by atoms with Crippen molar-refractivity contribution in [2.75, 3.05) is 6.61 Å². The molecule has 2 nitrogen and oxygen atoms in total. The number of hydrogen-bond acceptors (Lipinski definition) is 2. The van der Waals surface area contributed by atoms with Crippen molar-refractivity contribution in [2.24, 2.45) is 0 Å². The van der Waals surface area contributed by atoms with Crippen LogP contribution in [0.5, 0.6) is 5.75 Å². The maximum Gasteiger partial charge on any atom is 0.119 e. The largest absolute Gasteiger partial charge is 0.490 e. The molecular weight excluding hydrogens is 282 g/mol. The highest BCUT2D eigenvalue weighted by Crippen LogP contribution is 2.22. The molecule has 2 rings (SSSR count). The van der Waals surface area contributed by atoms with Gasteiger partial charge in [0.05, 0.1) is 0 Å². The predicted molar refractivity (Wildman–Crippen MR) is 97.8 cm³/mol. The van der Waals surface area contributed by atoms with Crippen LogP contribution in [-0.2, 0) is 6.42 Å². The number of benzene rings is 1. The van der Waals surface area contributed by atoms with E-state index in [1.54, 1.807) is 0 Å². The highest BCUT2D eigenvalue weighted by Gasteiger charge is 2.01. The summed E-state index contributed by atoms with van der Waals surface area (Å²) in [6.45, 7) is 4.85. The van der Waals surface area contributed by atoms with Gasteiger partial charge in [-0.25, -0.2) is 0 Å². The van der Waals surface area contributed by atoms with E-state index < -0.39 is 0 Å². The number of nitrogens with zero attached hydrogens (tertiary/aromatic N) is 1. The first-order chi connectivity index (χ1) is 11.3. The molecule has 0 N–H and O–H groups in total. The molecule has 122 valence electrons. The van der Waals surface area contributed by atoms with Gasteiger partial charge in [0.15, 0.2) is 0 Å². The molecule has 0 aliphatic heterocycles. The first-order valence-corrected chi connectivity index (χ1v) is 8.62. The summed E-state index contributed by atoms with van der Waals surface area (Å²) in [5.41, 5.74) is 3.52. The van der Waals surface area contributed by atoms with Gasteiger partial charge in [-0.1, -0.05) is 56.5 Å². The normalized spacial score (nSPS) is 11.0. The number of ether oxygens (including phenoxy) is 1. The van der Waals surface area contributed by atoms with E-state index in [4.69, 9.17) is 4.74 Å². The van der Waals surface area contributed by atoms with Gasteiger partial charge in [0.2, 0.25) is 0 Å². The van der Waals surface area contributed by atoms with E-state index in [1.807, 2.05) is 37.4 Å². The van der Waals surface area contributed by atoms with E-state index >= 15 is 0 Å². The van der Waals surface area contributed by atoms with Crippen molar-refractivity contribution in [1.29, 1.82) is 0 Å². The van der Waals surface area contributed by atoms with Crippen molar-refractivity contribution in [3.8, 4) is 16.9 Å². The molecule has 0 spiro atoms. The van der Waals surface area contributed by atoms with Crippen LogP contribution in [0.2, 0.25) is 0 Å². The molecule has 2 aromatic rings. The van der Waals surface area contributed by atoms with Gasteiger partial charge in [0.25, 0.3) is 0 Å². The van der Waals surface area contributed by atoms with Crippen LogP contribution >= 0.6 is 0 Å². The van der Waals surface area contributed by atoms with Gasteiger partial charge < -0.3 is 4.74 Å². The van der Waals surface area contributed by atoms with E-state index in [-0.39, 0.29) is 0 Å². The second kappa shape index (κ2) is 9.83. The Morgan fingerprint density at radius 3 is 2.39 bits per heavy atom. The fourth-order valence-corrected chi connectivity index (χ4v) is 2.46. The number of unbranched alkanes of at least 4 members (excludes halogenated alkanes) is 3. The molecule has 0 saturated heterocycles. The number of hydrogen-bond donors (Lipinski definition) is 0. The zero-order valence-electron chi connectivity index (χ0n) is 14.3. The number of aromatic nitrogens is 1. The Labute approximate surface area is 140 Å². The van der Waals surface area contributed by atoms with Crippen LogP contribution in [0, 0.1) is 0 Å². The standard InChI is InChI=1S/C21H27NO/c1-3-5-7-8-9-20-13-10-19(17-22-20)18-11-14-21(15-12-18)23-16-6-4-2/h4,6,10-15,17H,3,5,7-9,16H2,1-2H3/b6-4+.